The van der Waals surface area contributed by atoms with E-state index in [0.29, 0.717) is 12.8 Å². The van der Waals surface area contributed by atoms with E-state index in [4.69, 9.17) is 18.9 Å². The minimum absolute atomic E-state index is 0.248. The normalized spacial score (nSPS) is 23.4. The van der Waals surface area contributed by atoms with Gasteiger partial charge in [0.25, 0.3) is 0 Å². The molecule has 0 aromatic heterocycles. The van der Waals surface area contributed by atoms with Gasteiger partial charge in [0, 0.05) is 6.42 Å². The SMILES string of the molecule is CC/C=C\C/C=C\C/C=C\C/C=C\C/C=C\C/C=C\C/C=C\C/C=C\CCCCCCCCC(=O)NC(COC1OC(CO)C(OC2OC(CO)C(O)C(O)C2O)C(O)C1O)C(O)/C=C/CC/C=C/CCCCCCCCCCCCCCCCCCCCCCC. The zero-order valence-corrected chi connectivity index (χ0v) is 57.5. The van der Waals surface area contributed by atoms with E-state index in [1.54, 1.807) is 6.08 Å². The predicted octanol–water partition coefficient (Wildman–Crippen LogP) is 15.7. The average Bonchev–Trinajstić information content (AvgIpc) is 0.844. The van der Waals surface area contributed by atoms with E-state index in [0.717, 1.165) is 103 Å². The third-order valence-corrected chi connectivity index (χ3v) is 17.1. The third kappa shape index (κ3) is 44.2. The average molecular weight is 1290 g/mol. The van der Waals surface area contributed by atoms with Gasteiger partial charge in [0.15, 0.2) is 12.6 Å². The summed E-state index contributed by atoms with van der Waals surface area (Å²) >= 11 is 0. The molecule has 0 aliphatic carbocycles. The number of carbonyl (C=O) groups excluding carboxylic acids is 1. The highest BCUT2D eigenvalue weighted by Gasteiger charge is 2.51. The zero-order valence-electron chi connectivity index (χ0n) is 57.5. The van der Waals surface area contributed by atoms with Crippen LogP contribution >= 0.6 is 0 Å². The minimum Gasteiger partial charge on any atom is -0.394 e. The molecule has 2 saturated heterocycles. The Morgan fingerprint density at radius 3 is 1.20 bits per heavy atom. The van der Waals surface area contributed by atoms with Crippen LogP contribution in [-0.4, -0.2) is 140 Å². The third-order valence-electron chi connectivity index (χ3n) is 17.1. The van der Waals surface area contributed by atoms with Crippen LogP contribution in [0.4, 0.5) is 0 Å². The van der Waals surface area contributed by atoms with Crippen LogP contribution < -0.4 is 5.32 Å². The second-order valence-corrected chi connectivity index (χ2v) is 25.3. The van der Waals surface area contributed by atoms with E-state index >= 15 is 0 Å². The molecule has 12 atom stereocenters. The van der Waals surface area contributed by atoms with E-state index in [1.165, 1.54) is 135 Å². The Morgan fingerprint density at radius 2 is 0.761 bits per heavy atom. The molecule has 12 unspecified atom stereocenters. The van der Waals surface area contributed by atoms with Crippen molar-refractivity contribution in [1.82, 2.24) is 5.32 Å². The molecule has 0 aromatic carbocycles. The smallest absolute Gasteiger partial charge is 0.220 e. The molecule has 528 valence electrons. The number of aliphatic hydroxyl groups excluding tert-OH is 8. The van der Waals surface area contributed by atoms with Gasteiger partial charge in [-0.15, -0.1) is 0 Å². The topological polar surface area (TPSA) is 228 Å². The maximum absolute atomic E-state index is 13.3. The van der Waals surface area contributed by atoms with Gasteiger partial charge < -0.3 is 65.1 Å². The summed E-state index contributed by atoms with van der Waals surface area (Å²) in [5.41, 5.74) is 0. The first kappa shape index (κ1) is 84.5. The Bertz CT molecular complexity index is 2010. The van der Waals surface area contributed by atoms with Gasteiger partial charge in [-0.3, -0.25) is 4.79 Å². The Labute approximate surface area is 558 Å². The molecule has 2 aliphatic heterocycles. The molecule has 1 amide bonds. The summed E-state index contributed by atoms with van der Waals surface area (Å²) in [5, 5.41) is 87.5. The van der Waals surface area contributed by atoms with E-state index in [2.05, 4.69) is 129 Å². The van der Waals surface area contributed by atoms with Gasteiger partial charge in [-0.2, -0.15) is 0 Å². The van der Waals surface area contributed by atoms with Crippen molar-refractivity contribution in [2.45, 2.75) is 344 Å². The number of aliphatic hydroxyl groups is 8. The highest BCUT2D eigenvalue weighted by molar-refractivity contribution is 5.76. The summed E-state index contributed by atoms with van der Waals surface area (Å²) in [6.45, 7) is 2.67. The summed E-state index contributed by atoms with van der Waals surface area (Å²) in [6.07, 6.45) is 72.5. The molecule has 9 N–H and O–H groups in total. The van der Waals surface area contributed by atoms with Crippen molar-refractivity contribution in [2.24, 2.45) is 0 Å². The number of amides is 1. The molecule has 0 aromatic rings. The van der Waals surface area contributed by atoms with Crippen molar-refractivity contribution < 1.29 is 64.6 Å². The van der Waals surface area contributed by atoms with Gasteiger partial charge in [0.2, 0.25) is 5.91 Å². The lowest BCUT2D eigenvalue weighted by Crippen LogP contribution is -2.65. The summed E-state index contributed by atoms with van der Waals surface area (Å²) < 4.78 is 22.8. The summed E-state index contributed by atoms with van der Waals surface area (Å²) in [5.74, 6) is -0.267. The first-order chi connectivity index (χ1) is 45.1. The van der Waals surface area contributed by atoms with Crippen molar-refractivity contribution >= 4 is 5.91 Å². The molecule has 0 spiro atoms. The molecule has 2 fully saturated rings. The van der Waals surface area contributed by atoms with Crippen molar-refractivity contribution in [3.8, 4) is 0 Å². The van der Waals surface area contributed by atoms with Crippen molar-refractivity contribution in [2.75, 3.05) is 19.8 Å². The first-order valence-corrected chi connectivity index (χ1v) is 36.8. The molecule has 0 saturated carbocycles. The van der Waals surface area contributed by atoms with Crippen LogP contribution in [0.25, 0.3) is 0 Å². The number of carbonyl (C=O) groups is 1. The van der Waals surface area contributed by atoms with Crippen molar-refractivity contribution in [3.05, 3.63) is 122 Å². The predicted molar refractivity (Wildman–Crippen MR) is 378 cm³/mol. The number of hydrogen-bond donors (Lipinski definition) is 9. The Balaban J connectivity index is 1.70. The monoisotopic (exact) mass is 1290 g/mol. The lowest BCUT2D eigenvalue weighted by Gasteiger charge is -2.46. The molecule has 2 aliphatic rings. The molecule has 14 heteroatoms. The lowest BCUT2D eigenvalue weighted by atomic mass is 9.97. The standard InChI is InChI=1S/C78H133NO13/c1-3-5-7-9-11-13-15-17-19-21-23-25-27-29-31-32-33-34-36-38-40-42-44-46-48-50-52-54-56-58-60-62-70(83)79-66(65-89-77-75(88)73(86)76(69(64-81)91-77)92-78-74(87)72(85)71(84)68(63-80)90-78)67(82)61-59-57-55-53-51-49-47-45-43-41-39-37-35-30-28-26-24-22-20-18-16-14-12-10-8-6-4-2/h5,7,11,13,17,19,23,25,29,31,33-34,38,40,44,46,51,53,59,61,66-69,71-78,80-82,84-88H,3-4,6,8-10,12,14-16,18,20-22,24,26-28,30,32,35-37,39,41-43,45,47-50,52,54-58,60,62-65H2,1-2H3,(H,79,83)/b7-5-,13-11-,19-17-,25-23-,31-29-,34-33-,40-38-,46-44-,53-51+,61-59+. The fourth-order valence-corrected chi connectivity index (χ4v) is 11.3. The number of ether oxygens (including phenoxy) is 4. The van der Waals surface area contributed by atoms with E-state index in [9.17, 15) is 45.6 Å². The number of allylic oxidation sites excluding steroid dienone is 19. The summed E-state index contributed by atoms with van der Waals surface area (Å²) in [6, 6.07) is -0.951. The van der Waals surface area contributed by atoms with Crippen LogP contribution in [0.2, 0.25) is 0 Å². The molecule has 14 nitrogen and oxygen atoms in total. The van der Waals surface area contributed by atoms with Gasteiger partial charge in [-0.1, -0.05) is 289 Å². The Kier molecular flexibility index (Phi) is 56.0. The lowest BCUT2D eigenvalue weighted by molar-refractivity contribution is -0.359. The highest BCUT2D eigenvalue weighted by Crippen LogP contribution is 2.30. The first-order valence-electron chi connectivity index (χ1n) is 36.8. The maximum atomic E-state index is 13.3. The number of hydrogen-bond acceptors (Lipinski definition) is 13. The summed E-state index contributed by atoms with van der Waals surface area (Å²) in [4.78, 5) is 13.3. The number of unbranched alkanes of at least 4 members (excludes halogenated alkanes) is 28. The number of rotatable bonds is 59. The van der Waals surface area contributed by atoms with Crippen LogP contribution in [-0.2, 0) is 23.7 Å². The van der Waals surface area contributed by atoms with Crippen LogP contribution in [0.3, 0.4) is 0 Å². The minimum atomic E-state index is -1.80. The Morgan fingerprint density at radius 1 is 0.402 bits per heavy atom. The summed E-state index contributed by atoms with van der Waals surface area (Å²) in [7, 11) is 0. The fourth-order valence-electron chi connectivity index (χ4n) is 11.3. The van der Waals surface area contributed by atoms with Crippen LogP contribution in [0.5, 0.6) is 0 Å². The van der Waals surface area contributed by atoms with E-state index in [1.807, 2.05) is 6.08 Å². The highest BCUT2D eigenvalue weighted by atomic mass is 16.7. The molecule has 92 heavy (non-hydrogen) atoms. The van der Waals surface area contributed by atoms with Gasteiger partial charge in [0.05, 0.1) is 32.0 Å². The largest absolute Gasteiger partial charge is 0.394 e. The zero-order chi connectivity index (χ0) is 66.6. The molecule has 2 heterocycles. The number of nitrogens with one attached hydrogen (secondary N) is 1. The second kappa shape index (κ2) is 61.0. The second-order valence-electron chi connectivity index (χ2n) is 25.3. The Hall–Kier alpha value is -3.61. The quantitative estimate of drug-likeness (QED) is 0.0204. The van der Waals surface area contributed by atoms with Gasteiger partial charge in [0.1, 0.15) is 48.8 Å². The molecule has 2 rings (SSSR count). The van der Waals surface area contributed by atoms with Crippen molar-refractivity contribution in [1.29, 1.82) is 0 Å². The molecular weight excluding hydrogens is 1160 g/mol. The van der Waals surface area contributed by atoms with Crippen LogP contribution in [0.1, 0.15) is 271 Å². The van der Waals surface area contributed by atoms with Crippen LogP contribution in [0.15, 0.2) is 122 Å². The van der Waals surface area contributed by atoms with E-state index < -0.39 is 86.8 Å². The van der Waals surface area contributed by atoms with Crippen molar-refractivity contribution in [3.63, 3.8) is 0 Å². The van der Waals surface area contributed by atoms with E-state index in [-0.39, 0.29) is 18.9 Å². The maximum Gasteiger partial charge on any atom is 0.220 e. The molecule has 0 radical (unpaired) electrons. The fraction of sp³-hybridized carbons (Fsp3) is 0.731. The van der Waals surface area contributed by atoms with Crippen LogP contribution in [0, 0.1) is 0 Å². The molecule has 0 bridgehead atoms. The van der Waals surface area contributed by atoms with Gasteiger partial charge in [-0.25, -0.2) is 0 Å². The van der Waals surface area contributed by atoms with Gasteiger partial charge >= 0.3 is 0 Å². The molecular formula is C78H133NO13. The van der Waals surface area contributed by atoms with Gasteiger partial charge in [-0.05, 0) is 96.3 Å².